The Morgan fingerprint density at radius 2 is 1.88 bits per heavy atom. The number of halogens is 3. The molecule has 26 heavy (non-hydrogen) atoms. The molecule has 6 nitrogen and oxygen atoms in total. The average Bonchev–Trinajstić information content (AvgIpc) is 3.09. The maximum atomic E-state index is 13.4. The van der Waals surface area contributed by atoms with Crippen LogP contribution in [0.5, 0.6) is 11.6 Å². The number of aryl methyl sites for hydroxylation is 1. The molecule has 2 aromatic heterocycles. The quantitative estimate of drug-likeness (QED) is 0.750. The van der Waals surface area contributed by atoms with Crippen LogP contribution in [0.4, 0.5) is 13.2 Å². The second kappa shape index (κ2) is 7.12. The zero-order valence-electron chi connectivity index (χ0n) is 13.7. The van der Waals surface area contributed by atoms with E-state index in [-0.39, 0.29) is 18.0 Å². The minimum atomic E-state index is -4.74. The molecule has 0 aliphatic rings. The normalized spacial score (nSPS) is 12.8. The van der Waals surface area contributed by atoms with Crippen molar-refractivity contribution in [2.24, 2.45) is 0 Å². The summed E-state index contributed by atoms with van der Waals surface area (Å²) >= 11 is 0. The van der Waals surface area contributed by atoms with Crippen LogP contribution in [-0.4, -0.2) is 24.9 Å². The van der Waals surface area contributed by atoms with Crippen LogP contribution in [0.25, 0.3) is 0 Å². The van der Waals surface area contributed by atoms with E-state index in [1.165, 1.54) is 23.4 Å². The van der Waals surface area contributed by atoms with Gasteiger partial charge in [0.05, 0.1) is 6.54 Å². The van der Waals surface area contributed by atoms with Crippen molar-refractivity contribution in [3.05, 3.63) is 65.9 Å². The average molecular weight is 364 g/mol. The first-order chi connectivity index (χ1) is 12.3. The summed E-state index contributed by atoms with van der Waals surface area (Å²) < 4.78 is 46.8. The number of benzene rings is 1. The largest absolute Gasteiger partial charge is 0.439 e. The fourth-order valence-corrected chi connectivity index (χ4v) is 2.33. The van der Waals surface area contributed by atoms with E-state index in [0.717, 1.165) is 11.6 Å². The Hall–Kier alpha value is -2.94. The van der Waals surface area contributed by atoms with Crippen molar-refractivity contribution in [3.8, 4) is 11.6 Å². The molecule has 136 valence electrons. The highest BCUT2D eigenvalue weighted by Gasteiger charge is 2.37. The minimum absolute atomic E-state index is 0.178. The maximum Gasteiger partial charge on any atom is 0.433 e. The number of nitrogens with zero attached hydrogens (tertiary/aromatic N) is 4. The van der Waals surface area contributed by atoms with Gasteiger partial charge < -0.3 is 9.84 Å². The molecule has 0 fully saturated rings. The molecule has 1 N–H and O–H groups in total. The van der Waals surface area contributed by atoms with E-state index in [0.29, 0.717) is 5.75 Å². The highest BCUT2D eigenvalue weighted by atomic mass is 19.4. The first-order valence-corrected chi connectivity index (χ1v) is 7.66. The van der Waals surface area contributed by atoms with Crippen LogP contribution in [0.1, 0.15) is 22.9 Å². The maximum absolute atomic E-state index is 13.4. The Labute approximate surface area is 146 Å². The second-order valence-electron chi connectivity index (χ2n) is 5.63. The Balaban J connectivity index is 1.89. The van der Waals surface area contributed by atoms with Crippen molar-refractivity contribution in [2.45, 2.75) is 25.7 Å². The van der Waals surface area contributed by atoms with E-state index in [2.05, 4.69) is 15.1 Å². The molecule has 0 saturated heterocycles. The van der Waals surface area contributed by atoms with Crippen LogP contribution >= 0.6 is 0 Å². The predicted molar refractivity (Wildman–Crippen MR) is 85.5 cm³/mol. The Morgan fingerprint density at radius 1 is 1.15 bits per heavy atom. The third-order valence-corrected chi connectivity index (χ3v) is 3.60. The summed E-state index contributed by atoms with van der Waals surface area (Å²) in [6.45, 7) is 1.71. The Bertz CT molecular complexity index is 865. The zero-order valence-corrected chi connectivity index (χ0v) is 13.7. The molecular formula is C17H15F3N4O2. The van der Waals surface area contributed by atoms with Crippen LogP contribution in [0, 0.1) is 6.92 Å². The third-order valence-electron chi connectivity index (χ3n) is 3.60. The number of aliphatic hydroxyl groups is 1. The lowest BCUT2D eigenvalue weighted by molar-refractivity contribution is -0.143. The summed E-state index contributed by atoms with van der Waals surface area (Å²) in [5.41, 5.74) is -0.563. The molecule has 0 aliphatic heterocycles. The van der Waals surface area contributed by atoms with Crippen LogP contribution in [-0.2, 0) is 12.7 Å². The highest BCUT2D eigenvalue weighted by molar-refractivity contribution is 5.34. The molecule has 3 aromatic rings. The number of rotatable bonds is 5. The highest BCUT2D eigenvalue weighted by Crippen LogP contribution is 2.35. The van der Waals surface area contributed by atoms with Crippen LogP contribution < -0.4 is 4.74 Å². The fourth-order valence-electron chi connectivity index (χ4n) is 2.33. The van der Waals surface area contributed by atoms with Crippen molar-refractivity contribution in [2.75, 3.05) is 0 Å². The van der Waals surface area contributed by atoms with Gasteiger partial charge in [0.25, 0.3) is 0 Å². The number of alkyl halides is 3. The molecular weight excluding hydrogens is 349 g/mol. The summed E-state index contributed by atoms with van der Waals surface area (Å²) in [6.07, 6.45) is -3.66. The SMILES string of the molecule is Cc1ccc(Oc2ccc(C(O)Cn3cncn3)c(C(F)(F)F)n2)cc1. The Morgan fingerprint density at radius 3 is 2.50 bits per heavy atom. The summed E-state index contributed by atoms with van der Waals surface area (Å²) in [5.74, 6) is 0.157. The third kappa shape index (κ3) is 4.17. The topological polar surface area (TPSA) is 73.1 Å². The molecule has 0 radical (unpaired) electrons. The first-order valence-electron chi connectivity index (χ1n) is 7.66. The molecule has 3 rings (SSSR count). The van der Waals surface area contributed by atoms with E-state index in [4.69, 9.17) is 4.74 Å². The van der Waals surface area contributed by atoms with Crippen molar-refractivity contribution >= 4 is 0 Å². The van der Waals surface area contributed by atoms with E-state index in [9.17, 15) is 18.3 Å². The van der Waals surface area contributed by atoms with Gasteiger partial charge in [0.2, 0.25) is 5.88 Å². The lowest BCUT2D eigenvalue weighted by Gasteiger charge is -2.17. The van der Waals surface area contributed by atoms with E-state index >= 15 is 0 Å². The van der Waals surface area contributed by atoms with Crippen LogP contribution in [0.3, 0.4) is 0 Å². The standard InChI is InChI=1S/C17H15F3N4O2/c1-11-2-4-12(5-3-11)26-15-7-6-13(16(23-15)17(18,19)20)14(25)8-24-10-21-9-22-24/h2-7,9-10,14,25H,8H2,1H3. The van der Waals surface area contributed by atoms with Gasteiger partial charge in [0, 0.05) is 11.6 Å². The smallest absolute Gasteiger partial charge is 0.433 e. The second-order valence-corrected chi connectivity index (χ2v) is 5.63. The molecule has 9 heteroatoms. The molecule has 0 amide bonds. The molecule has 0 saturated carbocycles. The monoisotopic (exact) mass is 364 g/mol. The number of ether oxygens (including phenoxy) is 1. The predicted octanol–water partition coefficient (Wildman–Crippen LogP) is 3.53. The molecule has 1 aromatic carbocycles. The zero-order chi connectivity index (χ0) is 18.7. The lowest BCUT2D eigenvalue weighted by atomic mass is 10.1. The van der Waals surface area contributed by atoms with Gasteiger partial charge >= 0.3 is 6.18 Å². The van der Waals surface area contributed by atoms with Gasteiger partial charge in [-0.25, -0.2) is 9.97 Å². The van der Waals surface area contributed by atoms with Gasteiger partial charge in [-0.15, -0.1) is 0 Å². The van der Waals surface area contributed by atoms with Crippen molar-refractivity contribution < 1.29 is 23.0 Å². The number of hydrogen-bond donors (Lipinski definition) is 1. The molecule has 2 heterocycles. The molecule has 1 unspecified atom stereocenters. The van der Waals surface area contributed by atoms with Gasteiger partial charge in [-0.3, -0.25) is 4.68 Å². The van der Waals surface area contributed by atoms with Crippen molar-refractivity contribution in [3.63, 3.8) is 0 Å². The van der Waals surface area contributed by atoms with E-state index in [1.807, 2.05) is 6.92 Å². The summed E-state index contributed by atoms with van der Waals surface area (Å²) in [5, 5.41) is 14.0. The number of hydrogen-bond acceptors (Lipinski definition) is 5. The van der Waals surface area contributed by atoms with Gasteiger partial charge in [-0.1, -0.05) is 17.7 Å². The van der Waals surface area contributed by atoms with Crippen molar-refractivity contribution in [1.29, 1.82) is 0 Å². The lowest BCUT2D eigenvalue weighted by Crippen LogP contribution is -2.18. The first kappa shape index (κ1) is 17.9. The van der Waals surface area contributed by atoms with Crippen molar-refractivity contribution in [1.82, 2.24) is 19.7 Å². The molecule has 0 bridgehead atoms. The van der Waals surface area contributed by atoms with E-state index < -0.39 is 18.0 Å². The van der Waals surface area contributed by atoms with Crippen LogP contribution in [0.15, 0.2) is 49.1 Å². The van der Waals surface area contributed by atoms with Gasteiger partial charge in [0.15, 0.2) is 5.69 Å². The number of pyridine rings is 1. The van der Waals surface area contributed by atoms with Crippen LogP contribution in [0.2, 0.25) is 0 Å². The molecule has 0 spiro atoms. The summed E-state index contributed by atoms with van der Waals surface area (Å²) in [4.78, 5) is 7.25. The number of aliphatic hydroxyl groups excluding tert-OH is 1. The summed E-state index contributed by atoms with van der Waals surface area (Å²) in [6, 6.07) is 9.26. The van der Waals surface area contributed by atoms with E-state index in [1.54, 1.807) is 24.3 Å². The minimum Gasteiger partial charge on any atom is -0.439 e. The molecule has 0 aliphatic carbocycles. The van der Waals surface area contributed by atoms with Gasteiger partial charge in [0.1, 0.15) is 24.5 Å². The number of aromatic nitrogens is 4. The Kier molecular flexibility index (Phi) is 4.90. The van der Waals surface area contributed by atoms with Gasteiger partial charge in [-0.05, 0) is 25.1 Å². The summed E-state index contributed by atoms with van der Waals surface area (Å²) in [7, 11) is 0. The fraction of sp³-hybridized carbons (Fsp3) is 0.235. The van der Waals surface area contributed by atoms with Gasteiger partial charge in [-0.2, -0.15) is 18.3 Å². The molecule has 1 atom stereocenters.